The number of nitrogens with one attached hydrogen (secondary N) is 1. The number of ether oxygens (including phenoxy) is 1. The quantitative estimate of drug-likeness (QED) is 0.198. The fourth-order valence-electron chi connectivity index (χ4n) is 2.91. The molecule has 0 aliphatic carbocycles. The van der Waals surface area contributed by atoms with Crippen molar-refractivity contribution in [3.8, 4) is 5.75 Å². The summed E-state index contributed by atoms with van der Waals surface area (Å²) in [6.45, 7) is -0.160. The number of nitro benzene ring substituents is 2. The minimum atomic E-state index is -0.786. The van der Waals surface area contributed by atoms with Crippen LogP contribution >= 0.6 is 0 Å². The minimum Gasteiger partial charge on any atom is -0.486 e. The van der Waals surface area contributed by atoms with Crippen LogP contribution in [0, 0.1) is 20.2 Å². The molecule has 0 saturated carbocycles. The van der Waals surface area contributed by atoms with E-state index in [9.17, 15) is 29.8 Å². The van der Waals surface area contributed by atoms with Gasteiger partial charge in [0.05, 0.1) is 28.9 Å². The van der Waals surface area contributed by atoms with Gasteiger partial charge in [-0.2, -0.15) is 0 Å². The maximum Gasteiger partial charge on any atom is 0.317 e. The molecule has 0 spiro atoms. The van der Waals surface area contributed by atoms with Crippen LogP contribution in [0.25, 0.3) is 6.08 Å². The lowest BCUT2D eigenvalue weighted by molar-refractivity contribution is -0.394. The lowest BCUT2D eigenvalue weighted by atomic mass is 10.1. The first-order valence-electron chi connectivity index (χ1n) is 10.1. The Morgan fingerprint density at radius 3 is 2.26 bits per heavy atom. The molecule has 10 heteroatoms. The Morgan fingerprint density at radius 2 is 1.62 bits per heavy atom. The molecule has 34 heavy (non-hydrogen) atoms. The smallest absolute Gasteiger partial charge is 0.317 e. The molecule has 0 heterocycles. The Morgan fingerprint density at radius 1 is 0.912 bits per heavy atom. The van der Waals surface area contributed by atoms with Gasteiger partial charge in [0, 0.05) is 17.3 Å². The van der Waals surface area contributed by atoms with E-state index in [2.05, 4.69) is 5.32 Å². The number of hydrogen-bond donors (Lipinski definition) is 1. The third kappa shape index (κ3) is 6.57. The average molecular weight is 461 g/mol. The fraction of sp³-hybridized carbons (Fsp3) is 0.0833. The van der Waals surface area contributed by atoms with Crippen molar-refractivity contribution < 1.29 is 24.2 Å². The van der Waals surface area contributed by atoms with E-state index in [1.165, 1.54) is 6.08 Å². The van der Waals surface area contributed by atoms with Crippen LogP contribution in [-0.2, 0) is 4.79 Å². The second-order valence-electron chi connectivity index (χ2n) is 7.00. The summed E-state index contributed by atoms with van der Waals surface area (Å²) in [5.41, 5.74) is 0.904. The highest BCUT2D eigenvalue weighted by Crippen LogP contribution is 2.31. The fourth-order valence-corrected chi connectivity index (χ4v) is 2.91. The molecule has 10 nitrogen and oxygen atoms in total. The number of anilines is 1. The normalized spacial score (nSPS) is 10.6. The number of rotatable bonds is 10. The molecule has 0 atom stereocenters. The van der Waals surface area contributed by atoms with Gasteiger partial charge in [-0.1, -0.05) is 48.5 Å². The number of amides is 1. The van der Waals surface area contributed by atoms with Gasteiger partial charge in [0.1, 0.15) is 0 Å². The summed E-state index contributed by atoms with van der Waals surface area (Å²) < 4.78 is 5.29. The van der Waals surface area contributed by atoms with Crippen molar-refractivity contribution in [2.75, 3.05) is 11.9 Å². The van der Waals surface area contributed by atoms with Crippen molar-refractivity contribution in [2.24, 2.45) is 0 Å². The molecule has 1 amide bonds. The summed E-state index contributed by atoms with van der Waals surface area (Å²) in [6.07, 6.45) is 3.05. The molecule has 0 radical (unpaired) electrons. The Labute approximate surface area is 193 Å². The van der Waals surface area contributed by atoms with Crippen LogP contribution in [0.5, 0.6) is 5.75 Å². The van der Waals surface area contributed by atoms with Crippen LogP contribution in [-0.4, -0.2) is 28.1 Å². The van der Waals surface area contributed by atoms with E-state index in [1.807, 2.05) is 6.07 Å². The number of hydrogen-bond acceptors (Lipinski definition) is 7. The monoisotopic (exact) mass is 461 g/mol. The van der Waals surface area contributed by atoms with Gasteiger partial charge in [-0.3, -0.25) is 29.8 Å². The average Bonchev–Trinajstić information content (AvgIpc) is 2.83. The molecule has 1 N–H and O–H groups in total. The van der Waals surface area contributed by atoms with Gasteiger partial charge < -0.3 is 10.1 Å². The number of nitro groups is 2. The summed E-state index contributed by atoms with van der Waals surface area (Å²) in [5.74, 6) is -0.664. The zero-order valence-corrected chi connectivity index (χ0v) is 17.7. The lowest BCUT2D eigenvalue weighted by Crippen LogP contribution is -2.15. The van der Waals surface area contributed by atoms with Gasteiger partial charge in [0.25, 0.3) is 5.69 Å². The molecule has 0 aromatic heterocycles. The van der Waals surface area contributed by atoms with Crippen molar-refractivity contribution in [1.29, 1.82) is 0 Å². The molecule has 3 aromatic carbocycles. The first-order chi connectivity index (χ1) is 16.3. The first kappa shape index (κ1) is 23.8. The van der Waals surface area contributed by atoms with Crippen molar-refractivity contribution >= 4 is 34.8 Å². The molecule has 0 aliphatic rings. The van der Waals surface area contributed by atoms with E-state index >= 15 is 0 Å². The third-order valence-electron chi connectivity index (χ3n) is 4.62. The largest absolute Gasteiger partial charge is 0.486 e. The first-order valence-corrected chi connectivity index (χ1v) is 10.1. The number of ketones is 1. The van der Waals surface area contributed by atoms with Gasteiger partial charge in [0.2, 0.25) is 5.91 Å². The molecule has 0 saturated heterocycles. The maximum atomic E-state index is 12.1. The number of allylic oxidation sites excluding steroid dienone is 1. The van der Waals surface area contributed by atoms with E-state index in [1.54, 1.807) is 54.6 Å². The standard InChI is InChI=1S/C24H19N3O7/c28-22(18-4-2-1-3-5-18)12-8-17-6-9-19(10-7-17)25-24(29)14-15-34-23-13-11-20(26(30)31)16-21(23)27(32)33/h1-13,16H,14-15H2,(H,25,29)/b12-8+. The van der Waals surface area contributed by atoms with E-state index in [4.69, 9.17) is 4.74 Å². The summed E-state index contributed by atoms with van der Waals surface area (Å²) in [5, 5.41) is 24.6. The highest BCUT2D eigenvalue weighted by Gasteiger charge is 2.20. The minimum absolute atomic E-state index is 0.0959. The number of benzene rings is 3. The summed E-state index contributed by atoms with van der Waals surface area (Å²) >= 11 is 0. The van der Waals surface area contributed by atoms with Crippen LogP contribution in [0.15, 0.2) is 78.9 Å². The van der Waals surface area contributed by atoms with Crippen molar-refractivity contribution in [1.82, 2.24) is 0 Å². The van der Waals surface area contributed by atoms with Gasteiger partial charge in [-0.15, -0.1) is 0 Å². The van der Waals surface area contributed by atoms with Gasteiger partial charge >= 0.3 is 5.69 Å². The van der Waals surface area contributed by atoms with Crippen molar-refractivity contribution in [3.63, 3.8) is 0 Å². The molecule has 0 fully saturated rings. The summed E-state index contributed by atoms with van der Waals surface area (Å²) in [6, 6.07) is 18.7. The van der Waals surface area contributed by atoms with E-state index in [-0.39, 0.29) is 30.5 Å². The zero-order chi connectivity index (χ0) is 24.5. The van der Waals surface area contributed by atoms with Crippen LogP contribution in [0.1, 0.15) is 22.3 Å². The second kappa shape index (κ2) is 11.1. The SMILES string of the molecule is O=C(CCOc1ccc([N+](=O)[O-])cc1[N+](=O)[O-])Nc1ccc(/C=C/C(=O)c2ccccc2)cc1. The molecule has 0 bridgehead atoms. The van der Waals surface area contributed by atoms with Crippen molar-refractivity contribution in [2.45, 2.75) is 6.42 Å². The van der Waals surface area contributed by atoms with E-state index < -0.39 is 21.2 Å². The Kier molecular flexibility index (Phi) is 7.79. The number of non-ortho nitro benzene ring substituents is 1. The highest BCUT2D eigenvalue weighted by molar-refractivity contribution is 6.06. The number of nitrogens with zero attached hydrogens (tertiary/aromatic N) is 2. The highest BCUT2D eigenvalue weighted by atomic mass is 16.6. The predicted octanol–water partition coefficient (Wildman–Crippen LogP) is 4.81. The molecular weight excluding hydrogens is 442 g/mol. The predicted molar refractivity (Wildman–Crippen MR) is 125 cm³/mol. The summed E-state index contributed by atoms with van der Waals surface area (Å²) in [4.78, 5) is 44.6. The third-order valence-corrected chi connectivity index (χ3v) is 4.62. The summed E-state index contributed by atoms with van der Waals surface area (Å²) in [7, 11) is 0. The van der Waals surface area contributed by atoms with Crippen LogP contribution in [0.4, 0.5) is 17.1 Å². The van der Waals surface area contributed by atoms with Crippen molar-refractivity contribution in [3.05, 3.63) is 110 Å². The number of carbonyl (C=O) groups is 2. The van der Waals surface area contributed by atoms with Crippen LogP contribution in [0.3, 0.4) is 0 Å². The Balaban J connectivity index is 1.51. The van der Waals surface area contributed by atoms with Crippen LogP contribution < -0.4 is 10.1 Å². The van der Waals surface area contributed by atoms with Crippen LogP contribution in [0.2, 0.25) is 0 Å². The van der Waals surface area contributed by atoms with Gasteiger partial charge in [-0.05, 0) is 29.8 Å². The lowest BCUT2D eigenvalue weighted by Gasteiger charge is -2.08. The topological polar surface area (TPSA) is 142 Å². The maximum absolute atomic E-state index is 12.1. The van der Waals surface area contributed by atoms with Gasteiger partial charge in [0.15, 0.2) is 11.5 Å². The molecule has 0 aliphatic heterocycles. The molecule has 172 valence electrons. The number of carbonyl (C=O) groups excluding carboxylic acids is 2. The molecule has 3 rings (SSSR count). The Bertz CT molecular complexity index is 1240. The zero-order valence-electron chi connectivity index (χ0n) is 17.7. The molecular formula is C24H19N3O7. The molecule has 0 unspecified atom stereocenters. The Hall–Kier alpha value is -4.86. The van der Waals surface area contributed by atoms with E-state index in [0.29, 0.717) is 11.3 Å². The second-order valence-corrected chi connectivity index (χ2v) is 7.00. The van der Waals surface area contributed by atoms with Gasteiger partial charge in [-0.25, -0.2) is 0 Å². The van der Waals surface area contributed by atoms with E-state index in [0.717, 1.165) is 23.8 Å². The molecule has 3 aromatic rings.